The lowest BCUT2D eigenvalue weighted by atomic mass is 9.74. The first-order valence-corrected chi connectivity index (χ1v) is 8.79. The largest absolute Gasteiger partial charge is 0.295 e. The first-order valence-electron chi connectivity index (χ1n) is 8.79. The van der Waals surface area contributed by atoms with E-state index in [0.29, 0.717) is 5.78 Å². The van der Waals surface area contributed by atoms with E-state index in [1.807, 2.05) is 43.3 Å². The summed E-state index contributed by atoms with van der Waals surface area (Å²) in [6.45, 7) is 12.4. The molecule has 1 heteroatoms. The van der Waals surface area contributed by atoms with E-state index in [1.165, 1.54) is 16.7 Å². The number of rotatable bonds is 2. The lowest BCUT2D eigenvalue weighted by Gasteiger charge is -2.29. The molecule has 2 aromatic carbocycles. The summed E-state index contributed by atoms with van der Waals surface area (Å²) in [6, 6.07) is 20.5. The molecule has 0 unspecified atom stereocenters. The van der Waals surface area contributed by atoms with E-state index in [2.05, 4.69) is 51.6 Å². The van der Waals surface area contributed by atoms with Gasteiger partial charge in [-0.25, -0.2) is 0 Å². The molecule has 0 aliphatic heterocycles. The van der Waals surface area contributed by atoms with Crippen LogP contribution < -0.4 is 0 Å². The topological polar surface area (TPSA) is 17.1 Å². The second-order valence-corrected chi connectivity index (χ2v) is 7.56. The molecule has 0 fully saturated rings. The molecule has 0 aromatic heterocycles. The van der Waals surface area contributed by atoms with Crippen molar-refractivity contribution in [2.45, 2.75) is 40.5 Å². The van der Waals surface area contributed by atoms with E-state index in [0.717, 1.165) is 24.0 Å². The Hall–Kier alpha value is -2.41. The third-order valence-corrected chi connectivity index (χ3v) is 4.69. The number of benzene rings is 2. The molecule has 3 rings (SSSR count). The van der Waals surface area contributed by atoms with Crippen LogP contribution in [0.2, 0.25) is 0 Å². The van der Waals surface area contributed by atoms with Crippen LogP contribution in [0.3, 0.4) is 0 Å². The predicted molar refractivity (Wildman–Crippen MR) is 107 cm³/mol. The number of carbonyl (C=O) groups is 1. The summed E-state index contributed by atoms with van der Waals surface area (Å²) in [7, 11) is 0. The first kappa shape index (κ1) is 18.9. The lowest BCUT2D eigenvalue weighted by molar-refractivity contribution is -0.118. The monoisotopic (exact) mass is 332 g/mol. The average molecular weight is 332 g/mol. The van der Waals surface area contributed by atoms with Crippen molar-refractivity contribution in [3.05, 3.63) is 89.5 Å². The normalized spacial score (nSPS) is 16.1. The highest BCUT2D eigenvalue weighted by Crippen LogP contribution is 2.36. The molecule has 0 spiro atoms. The Kier molecular flexibility index (Phi) is 6.14. The van der Waals surface area contributed by atoms with Gasteiger partial charge in [-0.3, -0.25) is 4.79 Å². The third kappa shape index (κ3) is 5.29. The molecule has 0 amide bonds. The summed E-state index contributed by atoms with van der Waals surface area (Å²) in [4.78, 5) is 11.4. The number of hydrogen-bond acceptors (Lipinski definition) is 1. The fourth-order valence-electron chi connectivity index (χ4n) is 3.16. The Bertz CT molecular complexity index is 723. The minimum atomic E-state index is 0.195. The van der Waals surface area contributed by atoms with Gasteiger partial charge in [0.25, 0.3) is 0 Å². The van der Waals surface area contributed by atoms with E-state index in [9.17, 15) is 4.79 Å². The van der Waals surface area contributed by atoms with Crippen LogP contribution in [0.25, 0.3) is 5.57 Å². The second-order valence-electron chi connectivity index (χ2n) is 7.56. The Morgan fingerprint density at radius 2 is 1.28 bits per heavy atom. The van der Waals surface area contributed by atoms with E-state index in [4.69, 9.17) is 0 Å². The van der Waals surface area contributed by atoms with Gasteiger partial charge in [-0.05, 0) is 48.0 Å². The fraction of sp³-hybridized carbons (Fsp3) is 0.292. The Balaban J connectivity index is 0.000000186. The smallest absolute Gasteiger partial charge is 0.159 e. The van der Waals surface area contributed by atoms with Crippen LogP contribution >= 0.6 is 0 Å². The second kappa shape index (κ2) is 8.11. The van der Waals surface area contributed by atoms with Crippen molar-refractivity contribution < 1.29 is 4.79 Å². The van der Waals surface area contributed by atoms with Gasteiger partial charge in [-0.1, -0.05) is 86.7 Å². The van der Waals surface area contributed by atoms with Crippen molar-refractivity contribution >= 4 is 11.4 Å². The Morgan fingerprint density at radius 3 is 1.68 bits per heavy atom. The van der Waals surface area contributed by atoms with Crippen molar-refractivity contribution in [3.63, 3.8) is 0 Å². The summed E-state index contributed by atoms with van der Waals surface area (Å²) in [5.41, 5.74) is 5.89. The van der Waals surface area contributed by atoms with Crippen LogP contribution in [0.15, 0.2) is 78.4 Å². The van der Waals surface area contributed by atoms with Gasteiger partial charge >= 0.3 is 0 Å². The molecule has 0 saturated carbocycles. The van der Waals surface area contributed by atoms with Crippen LogP contribution in [0, 0.1) is 5.41 Å². The molecule has 1 aliphatic rings. The van der Waals surface area contributed by atoms with Crippen molar-refractivity contribution in [3.8, 4) is 0 Å². The third-order valence-electron chi connectivity index (χ3n) is 4.69. The standard InChI is InChI=1S/C14H12.C10H16O/c1-12(13-8-4-2-5-9-13)14-10-6-3-7-11-14;1-7-5-10(3,4)6-9(11)8(7)2/h2-11H,1H2;5-6H2,1-4H3. The van der Waals surface area contributed by atoms with Crippen molar-refractivity contribution in [1.29, 1.82) is 0 Å². The van der Waals surface area contributed by atoms with Gasteiger partial charge in [-0.15, -0.1) is 0 Å². The van der Waals surface area contributed by atoms with Gasteiger partial charge < -0.3 is 0 Å². The highest BCUT2D eigenvalue weighted by atomic mass is 16.1. The number of hydrogen-bond donors (Lipinski definition) is 0. The van der Waals surface area contributed by atoms with E-state index in [1.54, 1.807) is 0 Å². The molecule has 0 saturated heterocycles. The molecule has 2 aromatic rings. The van der Waals surface area contributed by atoms with Crippen LogP contribution in [0.1, 0.15) is 51.7 Å². The predicted octanol–water partition coefficient (Wildman–Crippen LogP) is 6.46. The maximum absolute atomic E-state index is 11.4. The van der Waals surface area contributed by atoms with E-state index in [-0.39, 0.29) is 5.41 Å². The maximum atomic E-state index is 11.4. The molecule has 0 heterocycles. The van der Waals surface area contributed by atoms with E-state index < -0.39 is 0 Å². The van der Waals surface area contributed by atoms with Crippen LogP contribution in [0.5, 0.6) is 0 Å². The average Bonchev–Trinajstić information content (AvgIpc) is 2.60. The zero-order valence-corrected chi connectivity index (χ0v) is 15.8. The molecule has 0 atom stereocenters. The zero-order chi connectivity index (χ0) is 18.4. The molecule has 130 valence electrons. The molecule has 1 aliphatic carbocycles. The highest BCUT2D eigenvalue weighted by Gasteiger charge is 2.28. The van der Waals surface area contributed by atoms with Gasteiger partial charge in [0, 0.05) is 6.42 Å². The zero-order valence-electron chi connectivity index (χ0n) is 15.8. The van der Waals surface area contributed by atoms with Crippen molar-refractivity contribution in [1.82, 2.24) is 0 Å². The highest BCUT2D eigenvalue weighted by molar-refractivity contribution is 5.96. The summed E-state index contributed by atoms with van der Waals surface area (Å²) < 4.78 is 0. The molecule has 0 bridgehead atoms. The van der Waals surface area contributed by atoms with Gasteiger partial charge in [0.1, 0.15) is 0 Å². The van der Waals surface area contributed by atoms with Gasteiger partial charge in [0.15, 0.2) is 5.78 Å². The lowest BCUT2D eigenvalue weighted by Crippen LogP contribution is -2.23. The molecule has 0 N–H and O–H groups in total. The quantitative estimate of drug-likeness (QED) is 0.617. The van der Waals surface area contributed by atoms with Gasteiger partial charge in [0.2, 0.25) is 0 Å². The first-order chi connectivity index (χ1) is 11.8. The summed E-state index contributed by atoms with van der Waals surface area (Å²) in [5, 5.41) is 0. The van der Waals surface area contributed by atoms with Crippen LogP contribution in [-0.4, -0.2) is 5.78 Å². The van der Waals surface area contributed by atoms with Crippen LogP contribution in [-0.2, 0) is 4.79 Å². The maximum Gasteiger partial charge on any atom is 0.159 e. The Morgan fingerprint density at radius 1 is 0.840 bits per heavy atom. The van der Waals surface area contributed by atoms with Crippen molar-refractivity contribution in [2.24, 2.45) is 5.41 Å². The van der Waals surface area contributed by atoms with Crippen molar-refractivity contribution in [2.75, 3.05) is 0 Å². The number of allylic oxidation sites excluding steroid dienone is 2. The van der Waals surface area contributed by atoms with Gasteiger partial charge in [0.05, 0.1) is 0 Å². The molecule has 1 nitrogen and oxygen atoms in total. The summed E-state index contributed by atoms with van der Waals surface area (Å²) >= 11 is 0. The van der Waals surface area contributed by atoms with Gasteiger partial charge in [-0.2, -0.15) is 0 Å². The molecular weight excluding hydrogens is 304 g/mol. The summed E-state index contributed by atoms with van der Waals surface area (Å²) in [6.07, 6.45) is 1.79. The molecule has 25 heavy (non-hydrogen) atoms. The SMILES string of the molecule is C=C(c1ccccc1)c1ccccc1.CC1=C(C)C(=O)CC(C)(C)C1. The number of Topliss-reactive ketones (excluding diaryl/α,β-unsaturated/α-hetero) is 1. The van der Waals surface area contributed by atoms with E-state index >= 15 is 0 Å². The fourth-order valence-corrected chi connectivity index (χ4v) is 3.16. The minimum absolute atomic E-state index is 0.195. The molecular formula is C24H28O. The Labute approximate surface area is 152 Å². The van der Waals surface area contributed by atoms with Crippen LogP contribution in [0.4, 0.5) is 0 Å². The number of ketones is 1. The minimum Gasteiger partial charge on any atom is -0.295 e. The molecule has 0 radical (unpaired) electrons. The number of carbonyl (C=O) groups excluding carboxylic acids is 1. The summed E-state index contributed by atoms with van der Waals surface area (Å²) in [5.74, 6) is 0.332.